The van der Waals surface area contributed by atoms with E-state index in [4.69, 9.17) is 0 Å². The second kappa shape index (κ2) is 52.1. The molecule has 196 valence electrons. The van der Waals surface area contributed by atoms with Gasteiger partial charge in [-0.2, -0.15) is 0 Å². The van der Waals surface area contributed by atoms with Crippen LogP contribution in [0.25, 0.3) is 0 Å². The van der Waals surface area contributed by atoms with Gasteiger partial charge in [-0.05, 0) is 5.92 Å². The molecule has 31 heavy (non-hydrogen) atoms. The summed E-state index contributed by atoms with van der Waals surface area (Å²) in [5.41, 5.74) is 0. The highest BCUT2D eigenvalue weighted by Gasteiger charge is 1.83. The summed E-state index contributed by atoms with van der Waals surface area (Å²) in [5, 5.41) is 0. The first-order chi connectivity index (χ1) is 14.9. The third-order valence-corrected chi connectivity index (χ3v) is 5.14. The summed E-state index contributed by atoms with van der Waals surface area (Å²) < 4.78 is 0. The van der Waals surface area contributed by atoms with Gasteiger partial charge in [-0.3, -0.25) is 0 Å². The quantitative estimate of drug-likeness (QED) is 0.220. The highest BCUT2D eigenvalue weighted by molar-refractivity contribution is 4.39. The molecule has 0 N–H and O–H groups in total. The van der Waals surface area contributed by atoms with Crippen molar-refractivity contribution in [2.75, 3.05) is 0 Å². The summed E-state index contributed by atoms with van der Waals surface area (Å²) in [4.78, 5) is 0. The predicted octanol–water partition coefficient (Wildman–Crippen LogP) is 13.2. The first-order valence-corrected chi connectivity index (χ1v) is 14.9. The molecule has 0 aliphatic heterocycles. The minimum absolute atomic E-state index is 0.884. The molecule has 0 nitrogen and oxygen atoms in total. The Bertz CT molecular complexity index is 178. The fourth-order valence-electron chi connectivity index (χ4n) is 2.38. The maximum absolute atomic E-state index is 2.26. The van der Waals surface area contributed by atoms with E-state index < -0.39 is 0 Å². The van der Waals surface area contributed by atoms with Crippen molar-refractivity contribution in [1.82, 2.24) is 0 Å². The first-order valence-electron chi connectivity index (χ1n) is 14.9. The van der Waals surface area contributed by atoms with Gasteiger partial charge in [-0.1, -0.05) is 198 Å². The molecule has 0 fully saturated rings. The van der Waals surface area contributed by atoms with Crippen molar-refractivity contribution in [2.24, 2.45) is 5.92 Å². The van der Waals surface area contributed by atoms with Gasteiger partial charge in [0.25, 0.3) is 0 Å². The summed E-state index contributed by atoms with van der Waals surface area (Å²) in [6.07, 6.45) is 26.4. The lowest BCUT2D eigenvalue weighted by Crippen LogP contribution is -1.77. The zero-order valence-electron chi connectivity index (χ0n) is 25.0. The van der Waals surface area contributed by atoms with E-state index in [0.29, 0.717) is 0 Å². The standard InChI is InChI=1S/C8H18.C7H16.C6H14.2C5H12/c1-3-5-7-8-6-4-2;1-3-5-7-6-4-2;1-3-5-6-4-2;1-4-5(2)3;1-3-5-4-2/h3-8H2,1-2H3;3-7H2,1-2H3;3-6H2,1-2H3;5H,4H2,1-3H3;3-5H2,1-2H3. The Morgan fingerprint density at radius 3 is 0.581 bits per heavy atom. The van der Waals surface area contributed by atoms with Crippen molar-refractivity contribution in [1.29, 1.82) is 0 Å². The van der Waals surface area contributed by atoms with Gasteiger partial charge in [0.2, 0.25) is 0 Å². The Morgan fingerprint density at radius 1 is 0.290 bits per heavy atom. The monoisotopic (exact) mass is 445 g/mol. The van der Waals surface area contributed by atoms with Crippen LogP contribution in [0.4, 0.5) is 0 Å². The number of unbranched alkanes of at least 4 members (excludes halogenated alkanes) is 14. The van der Waals surface area contributed by atoms with Crippen LogP contribution in [-0.2, 0) is 0 Å². The molecule has 0 aromatic carbocycles. The van der Waals surface area contributed by atoms with Crippen LogP contribution >= 0.6 is 0 Å². The Kier molecular flexibility index (Phi) is 69.4. The van der Waals surface area contributed by atoms with Gasteiger partial charge < -0.3 is 0 Å². The van der Waals surface area contributed by atoms with Crippen LogP contribution in [0.2, 0.25) is 0 Å². The van der Waals surface area contributed by atoms with Crippen LogP contribution in [0.3, 0.4) is 0 Å². The fraction of sp³-hybridized carbons (Fsp3) is 1.00. The molecule has 0 radical (unpaired) electrons. The van der Waals surface area contributed by atoms with Gasteiger partial charge in [0.05, 0.1) is 0 Å². The van der Waals surface area contributed by atoms with Crippen LogP contribution in [0.1, 0.15) is 198 Å². The molecule has 0 bridgehead atoms. The van der Waals surface area contributed by atoms with E-state index in [1.807, 2.05) is 0 Å². The second-order valence-electron chi connectivity index (χ2n) is 9.34. The number of hydrogen-bond acceptors (Lipinski definition) is 0. The van der Waals surface area contributed by atoms with Crippen molar-refractivity contribution in [3.63, 3.8) is 0 Å². The van der Waals surface area contributed by atoms with Crippen LogP contribution in [0, 0.1) is 5.92 Å². The van der Waals surface area contributed by atoms with E-state index >= 15 is 0 Å². The zero-order valence-corrected chi connectivity index (χ0v) is 25.0. The topological polar surface area (TPSA) is 0 Å². The molecule has 0 heteroatoms. The van der Waals surface area contributed by atoms with Gasteiger partial charge in [-0.15, -0.1) is 0 Å². The third-order valence-electron chi connectivity index (χ3n) is 5.14. The maximum atomic E-state index is 2.26. The van der Waals surface area contributed by atoms with Gasteiger partial charge in [-0.25, -0.2) is 0 Å². The molecule has 0 atom stereocenters. The average molecular weight is 445 g/mol. The molecule has 0 rings (SSSR count). The lowest BCUT2D eigenvalue weighted by molar-refractivity contribution is 0.624. The molecule has 0 spiro atoms. The molecule has 0 aliphatic carbocycles. The Balaban J connectivity index is -0.0000000920. The Hall–Kier alpha value is 0. The molecule has 0 amide bonds. The number of hydrogen-bond donors (Lipinski definition) is 0. The SMILES string of the molecule is CCC(C)C.CCCCC.CCCCCC.CCCCCCC.CCCCCCCC. The number of rotatable bonds is 15. The predicted molar refractivity (Wildman–Crippen MR) is 154 cm³/mol. The molecular weight excluding hydrogens is 372 g/mol. The van der Waals surface area contributed by atoms with Crippen LogP contribution in [-0.4, -0.2) is 0 Å². The third kappa shape index (κ3) is 91.9. The Morgan fingerprint density at radius 2 is 0.452 bits per heavy atom. The minimum atomic E-state index is 0.884. The van der Waals surface area contributed by atoms with Crippen LogP contribution in [0.15, 0.2) is 0 Å². The van der Waals surface area contributed by atoms with E-state index in [1.54, 1.807) is 0 Å². The molecule has 0 heterocycles. The van der Waals surface area contributed by atoms with Gasteiger partial charge in [0.15, 0.2) is 0 Å². The molecule has 0 unspecified atom stereocenters. The molecular formula is C31H72. The van der Waals surface area contributed by atoms with Gasteiger partial charge in [0.1, 0.15) is 0 Å². The van der Waals surface area contributed by atoms with Crippen LogP contribution in [0.5, 0.6) is 0 Å². The van der Waals surface area contributed by atoms with E-state index in [-0.39, 0.29) is 0 Å². The summed E-state index contributed by atoms with van der Waals surface area (Å²) in [5.74, 6) is 0.884. The second-order valence-corrected chi connectivity index (χ2v) is 9.34. The smallest absolute Gasteiger partial charge is 0.0474 e. The zero-order chi connectivity index (χ0) is 25.0. The summed E-state index contributed by atoms with van der Waals surface area (Å²) in [7, 11) is 0. The maximum Gasteiger partial charge on any atom is -0.0474 e. The van der Waals surface area contributed by atoms with E-state index in [1.165, 1.54) is 122 Å². The summed E-state index contributed by atoms with van der Waals surface area (Å²) >= 11 is 0. The summed E-state index contributed by atoms with van der Waals surface area (Å²) in [6.45, 7) is 24.5. The molecule has 0 aromatic heterocycles. The van der Waals surface area contributed by atoms with Gasteiger partial charge in [0, 0.05) is 0 Å². The normalized spacial score (nSPS) is 9.29. The summed E-state index contributed by atoms with van der Waals surface area (Å²) in [6, 6.07) is 0. The Labute approximate surface area is 204 Å². The van der Waals surface area contributed by atoms with Gasteiger partial charge >= 0.3 is 0 Å². The van der Waals surface area contributed by atoms with Crippen LogP contribution < -0.4 is 0 Å². The largest absolute Gasteiger partial charge is 0.0654 e. The van der Waals surface area contributed by atoms with E-state index in [0.717, 1.165) is 5.92 Å². The first kappa shape index (κ1) is 41.3. The minimum Gasteiger partial charge on any atom is -0.0654 e. The molecule has 0 saturated carbocycles. The molecule has 0 aliphatic rings. The van der Waals surface area contributed by atoms with Crippen molar-refractivity contribution in [3.05, 3.63) is 0 Å². The van der Waals surface area contributed by atoms with Crippen molar-refractivity contribution in [2.45, 2.75) is 198 Å². The van der Waals surface area contributed by atoms with Crippen molar-refractivity contribution in [3.8, 4) is 0 Å². The molecule has 0 saturated heterocycles. The highest BCUT2D eigenvalue weighted by Crippen LogP contribution is 2.03. The van der Waals surface area contributed by atoms with Crippen molar-refractivity contribution >= 4 is 0 Å². The van der Waals surface area contributed by atoms with E-state index in [9.17, 15) is 0 Å². The highest BCUT2D eigenvalue weighted by atomic mass is 13.9. The molecule has 0 aromatic rings. The average Bonchev–Trinajstić information content (AvgIpc) is 2.78. The fourth-order valence-corrected chi connectivity index (χ4v) is 2.38. The lowest BCUT2D eigenvalue weighted by atomic mass is 10.1. The lowest BCUT2D eigenvalue weighted by Gasteiger charge is -1.93. The van der Waals surface area contributed by atoms with E-state index in [2.05, 4.69) is 76.2 Å². The van der Waals surface area contributed by atoms with Crippen molar-refractivity contribution < 1.29 is 0 Å².